The van der Waals surface area contributed by atoms with Crippen molar-refractivity contribution in [3.63, 3.8) is 0 Å². The Bertz CT molecular complexity index is 1070. The number of nitrogens with zero attached hydrogens (tertiary/aromatic N) is 3. The second-order valence-electron chi connectivity index (χ2n) is 7.80. The van der Waals surface area contributed by atoms with E-state index in [1.165, 1.54) is 11.8 Å². The van der Waals surface area contributed by atoms with E-state index >= 15 is 0 Å². The fraction of sp³-hybridized carbons (Fsp3) is 0.333. The predicted molar refractivity (Wildman–Crippen MR) is 128 cm³/mol. The van der Waals surface area contributed by atoms with E-state index in [0.29, 0.717) is 46.0 Å². The molecule has 3 rings (SSSR count). The van der Waals surface area contributed by atoms with Gasteiger partial charge >= 0.3 is 0 Å². The molecule has 1 amide bonds. The molecule has 0 saturated heterocycles. The number of benzene rings is 2. The molecule has 0 bridgehead atoms. The Morgan fingerprint density at radius 1 is 1.06 bits per heavy atom. The molecule has 0 radical (unpaired) electrons. The van der Waals surface area contributed by atoms with Gasteiger partial charge in [-0.2, -0.15) is 0 Å². The average molecular weight is 471 g/mol. The van der Waals surface area contributed by atoms with Crippen LogP contribution in [-0.4, -0.2) is 32.2 Å². The van der Waals surface area contributed by atoms with Crippen molar-refractivity contribution >= 4 is 35.1 Å². The van der Waals surface area contributed by atoms with Gasteiger partial charge in [-0.25, -0.2) is 0 Å². The number of carbonyl (C=O) groups excluding carboxylic acids is 2. The molecule has 8 heteroatoms. The van der Waals surface area contributed by atoms with Crippen LogP contribution in [0.2, 0.25) is 5.02 Å². The van der Waals surface area contributed by atoms with Crippen molar-refractivity contribution in [3.8, 4) is 0 Å². The Kier molecular flexibility index (Phi) is 8.47. The highest BCUT2D eigenvalue weighted by molar-refractivity contribution is 7.99. The van der Waals surface area contributed by atoms with Crippen LogP contribution in [0.4, 0.5) is 0 Å². The van der Waals surface area contributed by atoms with E-state index in [0.717, 1.165) is 0 Å². The number of rotatable bonds is 10. The first kappa shape index (κ1) is 24.0. The van der Waals surface area contributed by atoms with Crippen molar-refractivity contribution < 1.29 is 9.59 Å². The van der Waals surface area contributed by atoms with Crippen LogP contribution in [0.1, 0.15) is 59.8 Å². The largest absolute Gasteiger partial charge is 0.342 e. The molecule has 1 N–H and O–H groups in total. The molecule has 1 atom stereocenters. The second kappa shape index (κ2) is 11.3. The third kappa shape index (κ3) is 5.99. The summed E-state index contributed by atoms with van der Waals surface area (Å²) in [7, 11) is 0. The number of hydrogen-bond donors (Lipinski definition) is 1. The Labute approximate surface area is 197 Å². The minimum Gasteiger partial charge on any atom is -0.342 e. The lowest BCUT2D eigenvalue weighted by Crippen LogP contribution is -2.31. The van der Waals surface area contributed by atoms with Crippen LogP contribution in [-0.2, 0) is 6.54 Å². The van der Waals surface area contributed by atoms with Gasteiger partial charge in [0.05, 0.1) is 22.4 Å². The summed E-state index contributed by atoms with van der Waals surface area (Å²) in [5.74, 6) is 1.05. The normalized spacial score (nSPS) is 12.0. The monoisotopic (exact) mass is 470 g/mol. The van der Waals surface area contributed by atoms with E-state index in [-0.39, 0.29) is 23.5 Å². The molecule has 6 nitrogen and oxygen atoms in total. The number of hydrogen-bond acceptors (Lipinski definition) is 5. The molecule has 0 spiro atoms. The molecule has 3 aromatic rings. The third-order valence-corrected chi connectivity index (χ3v) is 6.23. The van der Waals surface area contributed by atoms with E-state index in [4.69, 9.17) is 11.6 Å². The van der Waals surface area contributed by atoms with E-state index in [1.807, 2.05) is 41.8 Å². The van der Waals surface area contributed by atoms with Crippen LogP contribution in [0.15, 0.2) is 59.8 Å². The van der Waals surface area contributed by atoms with Gasteiger partial charge in [-0.1, -0.05) is 79.7 Å². The molecule has 0 fully saturated rings. The topological polar surface area (TPSA) is 76.9 Å². The summed E-state index contributed by atoms with van der Waals surface area (Å²) in [6, 6.07) is 15.8. The van der Waals surface area contributed by atoms with Gasteiger partial charge in [0.2, 0.25) is 0 Å². The minimum atomic E-state index is -0.328. The van der Waals surface area contributed by atoms with Crippen molar-refractivity contribution in [2.75, 3.05) is 5.75 Å². The zero-order valence-corrected chi connectivity index (χ0v) is 20.0. The first-order valence-corrected chi connectivity index (χ1v) is 12.0. The van der Waals surface area contributed by atoms with E-state index in [1.54, 1.807) is 24.3 Å². The first-order valence-electron chi connectivity index (χ1n) is 10.6. The number of amides is 1. The molecule has 32 heavy (non-hydrogen) atoms. The number of halogens is 1. The number of carbonyl (C=O) groups is 2. The summed E-state index contributed by atoms with van der Waals surface area (Å²) in [5.41, 5.74) is 1.10. The standard InChI is InChI=1S/C24H27ClN4O2S/c1-4-29-22(27-28-24(29)32-15-21(30)17-10-6-5-7-11-17)20(14-16(2)3)26-23(31)18-12-8-9-13-19(18)25/h5-13,16,20H,4,14-15H2,1-3H3,(H,26,31)/t20-/m1/s1. The summed E-state index contributed by atoms with van der Waals surface area (Å²) >= 11 is 7.56. The maximum absolute atomic E-state index is 12.9. The summed E-state index contributed by atoms with van der Waals surface area (Å²) in [6.07, 6.45) is 0.696. The van der Waals surface area contributed by atoms with Gasteiger partial charge < -0.3 is 9.88 Å². The van der Waals surface area contributed by atoms with Gasteiger partial charge in [0, 0.05) is 12.1 Å². The molecule has 0 aliphatic heterocycles. The van der Waals surface area contributed by atoms with Gasteiger partial charge in [0.25, 0.3) is 5.91 Å². The molecule has 1 aromatic heterocycles. The van der Waals surface area contributed by atoms with Crippen LogP contribution in [0.3, 0.4) is 0 Å². The molecule has 168 valence electrons. The predicted octanol–water partition coefficient (Wildman–Crippen LogP) is 5.44. The van der Waals surface area contributed by atoms with Crippen LogP contribution in [0.25, 0.3) is 0 Å². The maximum atomic E-state index is 12.9. The molecular formula is C24H27ClN4O2S. The van der Waals surface area contributed by atoms with E-state index in [9.17, 15) is 9.59 Å². The Morgan fingerprint density at radius 2 is 1.75 bits per heavy atom. The summed E-state index contributed by atoms with van der Waals surface area (Å²) < 4.78 is 1.96. The summed E-state index contributed by atoms with van der Waals surface area (Å²) in [5, 5.41) is 12.9. The summed E-state index contributed by atoms with van der Waals surface area (Å²) in [4.78, 5) is 25.4. The molecule has 0 saturated carbocycles. The number of nitrogens with one attached hydrogen (secondary N) is 1. The van der Waals surface area contributed by atoms with E-state index < -0.39 is 0 Å². The molecular weight excluding hydrogens is 444 g/mol. The Morgan fingerprint density at radius 3 is 2.41 bits per heavy atom. The molecule has 0 aliphatic rings. The van der Waals surface area contributed by atoms with Crippen molar-refractivity contribution in [2.24, 2.45) is 5.92 Å². The number of thioether (sulfide) groups is 1. The third-order valence-electron chi connectivity index (χ3n) is 4.93. The molecule has 0 aliphatic carbocycles. The van der Waals surface area contributed by atoms with Crippen molar-refractivity contribution in [1.82, 2.24) is 20.1 Å². The SMILES string of the molecule is CCn1c(SCC(=O)c2ccccc2)nnc1[C@@H](CC(C)C)NC(=O)c1ccccc1Cl. The van der Waals surface area contributed by atoms with Gasteiger partial charge in [0.1, 0.15) is 0 Å². The highest BCUT2D eigenvalue weighted by atomic mass is 35.5. The smallest absolute Gasteiger partial charge is 0.253 e. The van der Waals surface area contributed by atoms with Crippen molar-refractivity contribution in [1.29, 1.82) is 0 Å². The van der Waals surface area contributed by atoms with E-state index in [2.05, 4.69) is 29.4 Å². The highest BCUT2D eigenvalue weighted by Gasteiger charge is 2.25. The van der Waals surface area contributed by atoms with Crippen LogP contribution in [0.5, 0.6) is 0 Å². The average Bonchev–Trinajstić information content (AvgIpc) is 3.20. The zero-order valence-electron chi connectivity index (χ0n) is 18.4. The van der Waals surface area contributed by atoms with Crippen molar-refractivity contribution in [3.05, 3.63) is 76.6 Å². The number of Topliss-reactive ketones (excluding diaryl/α,β-unsaturated/α-hetero) is 1. The summed E-state index contributed by atoms with van der Waals surface area (Å²) in [6.45, 7) is 6.81. The lowest BCUT2D eigenvalue weighted by Gasteiger charge is -2.21. The quantitative estimate of drug-likeness (QED) is 0.315. The fourth-order valence-corrected chi connectivity index (χ4v) is 4.51. The second-order valence-corrected chi connectivity index (χ2v) is 9.15. The van der Waals surface area contributed by atoms with Gasteiger partial charge in [0.15, 0.2) is 16.8 Å². The van der Waals surface area contributed by atoms with Gasteiger partial charge in [-0.05, 0) is 31.4 Å². The number of aromatic nitrogens is 3. The lowest BCUT2D eigenvalue weighted by molar-refractivity contribution is 0.0928. The Balaban J connectivity index is 1.79. The van der Waals surface area contributed by atoms with Crippen LogP contribution < -0.4 is 5.32 Å². The minimum absolute atomic E-state index is 0.0357. The van der Waals surface area contributed by atoms with Gasteiger partial charge in [-0.3, -0.25) is 9.59 Å². The maximum Gasteiger partial charge on any atom is 0.253 e. The fourth-order valence-electron chi connectivity index (χ4n) is 3.38. The number of ketones is 1. The molecule has 1 heterocycles. The molecule has 0 unspecified atom stereocenters. The Hall–Kier alpha value is -2.64. The van der Waals surface area contributed by atoms with Crippen LogP contribution in [0, 0.1) is 5.92 Å². The van der Waals surface area contributed by atoms with Gasteiger partial charge in [-0.15, -0.1) is 10.2 Å². The zero-order chi connectivity index (χ0) is 23.1. The first-order chi connectivity index (χ1) is 15.4. The molecule has 2 aromatic carbocycles. The lowest BCUT2D eigenvalue weighted by atomic mass is 10.0. The van der Waals surface area contributed by atoms with Crippen molar-refractivity contribution in [2.45, 2.75) is 44.9 Å². The van der Waals surface area contributed by atoms with Crippen LogP contribution >= 0.6 is 23.4 Å². The highest BCUT2D eigenvalue weighted by Crippen LogP contribution is 2.26.